The molecule has 2 amide bonds. The number of fused-ring (bicyclic) bond motifs is 1. The summed E-state index contributed by atoms with van der Waals surface area (Å²) in [6.07, 6.45) is 1.56. The van der Waals surface area contributed by atoms with Crippen LogP contribution in [0.1, 0.15) is 20.8 Å². The lowest BCUT2D eigenvalue weighted by Gasteiger charge is -2.34. The van der Waals surface area contributed by atoms with Crippen molar-refractivity contribution in [3.63, 3.8) is 0 Å². The number of amides is 2. The number of halogens is 1. The number of hydrogen-bond donors (Lipinski definition) is 2. The molecule has 5 rings (SSSR count). The van der Waals surface area contributed by atoms with Gasteiger partial charge < -0.3 is 15.1 Å². The van der Waals surface area contributed by atoms with E-state index in [1.165, 1.54) is 23.1 Å². The average Bonchev–Trinajstić information content (AvgIpc) is 2.91. The van der Waals surface area contributed by atoms with Crippen LogP contribution in [0.5, 0.6) is 0 Å². The van der Waals surface area contributed by atoms with Crippen LogP contribution in [0, 0.1) is 5.82 Å². The van der Waals surface area contributed by atoms with Crippen molar-refractivity contribution in [3.8, 4) is 0 Å². The van der Waals surface area contributed by atoms with E-state index in [0.29, 0.717) is 41.1 Å². The Hall–Kier alpha value is -4.60. The van der Waals surface area contributed by atoms with Crippen molar-refractivity contribution in [2.45, 2.75) is 0 Å². The van der Waals surface area contributed by atoms with E-state index in [-0.39, 0.29) is 30.1 Å². The molecular formula is C25H21FN6O3. The van der Waals surface area contributed by atoms with Crippen LogP contribution in [0.15, 0.2) is 71.7 Å². The van der Waals surface area contributed by atoms with Gasteiger partial charge in [0.25, 0.3) is 17.4 Å². The number of pyridine rings is 1. The van der Waals surface area contributed by atoms with Crippen LogP contribution in [0.25, 0.3) is 10.8 Å². The molecule has 0 unspecified atom stereocenters. The molecule has 0 radical (unpaired) electrons. The molecule has 1 saturated heterocycles. The second-order valence-electron chi connectivity index (χ2n) is 8.07. The molecule has 9 nitrogen and oxygen atoms in total. The number of aromatic nitrogens is 3. The molecule has 1 aliphatic rings. The lowest BCUT2D eigenvalue weighted by atomic mass is 10.1. The summed E-state index contributed by atoms with van der Waals surface area (Å²) in [6, 6.07) is 16.2. The van der Waals surface area contributed by atoms with Crippen LogP contribution in [-0.4, -0.2) is 63.0 Å². The highest BCUT2D eigenvalue weighted by molar-refractivity contribution is 5.97. The molecule has 176 valence electrons. The van der Waals surface area contributed by atoms with Crippen LogP contribution >= 0.6 is 0 Å². The van der Waals surface area contributed by atoms with Gasteiger partial charge in [-0.1, -0.05) is 24.3 Å². The summed E-state index contributed by atoms with van der Waals surface area (Å²) in [5.41, 5.74) is 0.388. The molecule has 0 saturated carbocycles. The largest absolute Gasteiger partial charge is 0.338 e. The van der Waals surface area contributed by atoms with E-state index in [2.05, 4.69) is 20.5 Å². The Morgan fingerprint density at radius 3 is 2.29 bits per heavy atom. The topological polar surface area (TPSA) is 111 Å². The van der Waals surface area contributed by atoms with Gasteiger partial charge in [0.1, 0.15) is 11.5 Å². The fourth-order valence-electron chi connectivity index (χ4n) is 4.05. The molecule has 1 fully saturated rings. The van der Waals surface area contributed by atoms with Crippen LogP contribution in [-0.2, 0) is 0 Å². The molecule has 35 heavy (non-hydrogen) atoms. The summed E-state index contributed by atoms with van der Waals surface area (Å²) in [7, 11) is 0. The number of benzene rings is 2. The molecular weight excluding hydrogens is 451 g/mol. The van der Waals surface area contributed by atoms with E-state index >= 15 is 0 Å². The lowest BCUT2D eigenvalue weighted by molar-refractivity contribution is 0.0529. The van der Waals surface area contributed by atoms with Crippen molar-refractivity contribution in [3.05, 3.63) is 94.3 Å². The predicted octanol–water partition coefficient (Wildman–Crippen LogP) is 2.80. The molecule has 1 aliphatic heterocycles. The number of carbonyl (C=O) groups excluding carboxylic acids is 2. The minimum Gasteiger partial charge on any atom is -0.338 e. The molecule has 0 bridgehead atoms. The number of aromatic amines is 1. The summed E-state index contributed by atoms with van der Waals surface area (Å²) < 4.78 is 14.6. The average molecular weight is 472 g/mol. The fraction of sp³-hybridized carbons (Fsp3) is 0.160. The maximum Gasteiger partial charge on any atom is 0.272 e. The molecule has 0 spiro atoms. The Balaban J connectivity index is 1.32. The first kappa shape index (κ1) is 22.2. The molecule has 2 N–H and O–H groups in total. The Labute approximate surface area is 199 Å². The molecule has 0 atom stereocenters. The number of nitrogens with one attached hydrogen (secondary N) is 2. The molecule has 2 aromatic carbocycles. The first-order valence-electron chi connectivity index (χ1n) is 11.0. The first-order valence-corrected chi connectivity index (χ1v) is 11.0. The van der Waals surface area contributed by atoms with Crippen LogP contribution in [0.3, 0.4) is 0 Å². The summed E-state index contributed by atoms with van der Waals surface area (Å²) in [5.74, 6) is -0.926. The molecule has 4 aromatic rings. The highest BCUT2D eigenvalue weighted by Gasteiger charge is 2.27. The van der Waals surface area contributed by atoms with Crippen molar-refractivity contribution in [2.75, 3.05) is 31.5 Å². The van der Waals surface area contributed by atoms with Gasteiger partial charge in [-0.15, -0.1) is 0 Å². The third-order valence-corrected chi connectivity index (χ3v) is 5.89. The van der Waals surface area contributed by atoms with E-state index in [0.717, 1.165) is 0 Å². The third-order valence-electron chi connectivity index (χ3n) is 5.89. The van der Waals surface area contributed by atoms with Gasteiger partial charge in [-0.25, -0.2) is 9.49 Å². The number of H-pyrrole nitrogens is 1. The van der Waals surface area contributed by atoms with Crippen molar-refractivity contribution < 1.29 is 14.0 Å². The number of carbonyl (C=O) groups is 2. The number of nitrogens with zero attached hydrogens (tertiary/aromatic N) is 4. The number of hydrogen-bond acceptors (Lipinski definition) is 6. The Kier molecular flexibility index (Phi) is 5.92. The van der Waals surface area contributed by atoms with E-state index < -0.39 is 11.7 Å². The fourth-order valence-corrected chi connectivity index (χ4v) is 4.05. The minimum atomic E-state index is -0.646. The zero-order valence-electron chi connectivity index (χ0n) is 18.6. The molecule has 3 heterocycles. The zero-order valence-corrected chi connectivity index (χ0v) is 18.6. The highest BCUT2D eigenvalue weighted by atomic mass is 19.1. The van der Waals surface area contributed by atoms with E-state index in [4.69, 9.17) is 0 Å². The second kappa shape index (κ2) is 9.34. The number of anilines is 2. The van der Waals surface area contributed by atoms with E-state index in [1.807, 2.05) is 0 Å². The highest BCUT2D eigenvalue weighted by Crippen LogP contribution is 2.24. The van der Waals surface area contributed by atoms with Gasteiger partial charge in [0.15, 0.2) is 5.82 Å². The first-order chi connectivity index (χ1) is 17.0. The van der Waals surface area contributed by atoms with Crippen molar-refractivity contribution in [1.82, 2.24) is 25.0 Å². The lowest BCUT2D eigenvalue weighted by Crippen LogP contribution is -2.50. The normalized spacial score (nSPS) is 13.6. The molecule has 0 aliphatic carbocycles. The van der Waals surface area contributed by atoms with Gasteiger partial charge in [-0.05, 0) is 36.4 Å². The van der Waals surface area contributed by atoms with Crippen LogP contribution < -0.4 is 10.9 Å². The maximum absolute atomic E-state index is 14.6. The van der Waals surface area contributed by atoms with Gasteiger partial charge in [-0.3, -0.25) is 19.4 Å². The summed E-state index contributed by atoms with van der Waals surface area (Å²) in [6.45, 7) is 1.21. The standard InChI is InChI=1S/C25H21FN6O3/c26-20-9-8-16(28-22-17-5-1-2-6-18(17)23(33)30-29-22)15-19(20)24(34)31-11-13-32(14-12-31)25(35)21-7-3-4-10-27-21/h1-10,15H,11-14H2,(H,28,29)(H,30,33). The van der Waals surface area contributed by atoms with E-state index in [1.54, 1.807) is 53.6 Å². The van der Waals surface area contributed by atoms with Gasteiger partial charge >= 0.3 is 0 Å². The van der Waals surface area contributed by atoms with Gasteiger partial charge in [0, 0.05) is 43.4 Å². The van der Waals surface area contributed by atoms with Crippen molar-refractivity contribution in [1.29, 1.82) is 0 Å². The number of piperazine rings is 1. The predicted molar refractivity (Wildman–Crippen MR) is 128 cm³/mol. The third kappa shape index (κ3) is 4.45. The summed E-state index contributed by atoms with van der Waals surface area (Å²) in [5, 5.41) is 10.6. The minimum absolute atomic E-state index is 0.0896. The van der Waals surface area contributed by atoms with E-state index in [9.17, 15) is 18.8 Å². The monoisotopic (exact) mass is 472 g/mol. The van der Waals surface area contributed by atoms with Gasteiger partial charge in [-0.2, -0.15) is 5.10 Å². The van der Waals surface area contributed by atoms with Gasteiger partial charge in [0.05, 0.1) is 10.9 Å². The second-order valence-corrected chi connectivity index (χ2v) is 8.07. The molecule has 2 aromatic heterocycles. The van der Waals surface area contributed by atoms with Crippen LogP contribution in [0.2, 0.25) is 0 Å². The van der Waals surface area contributed by atoms with Crippen molar-refractivity contribution >= 4 is 34.1 Å². The number of rotatable bonds is 4. The van der Waals surface area contributed by atoms with Crippen LogP contribution in [0.4, 0.5) is 15.9 Å². The zero-order chi connectivity index (χ0) is 24.4. The summed E-state index contributed by atoms with van der Waals surface area (Å²) >= 11 is 0. The quantitative estimate of drug-likeness (QED) is 0.473. The Bertz CT molecular complexity index is 1470. The van der Waals surface area contributed by atoms with Gasteiger partial charge in [0.2, 0.25) is 0 Å². The SMILES string of the molecule is O=C(c1ccccn1)N1CCN(C(=O)c2cc(Nc3n[nH]c(=O)c4ccccc34)ccc2F)CC1. The smallest absolute Gasteiger partial charge is 0.272 e. The summed E-state index contributed by atoms with van der Waals surface area (Å²) in [4.78, 5) is 45.0. The Morgan fingerprint density at radius 1 is 0.886 bits per heavy atom. The molecule has 10 heteroatoms. The Morgan fingerprint density at radius 2 is 1.57 bits per heavy atom. The van der Waals surface area contributed by atoms with Crippen molar-refractivity contribution in [2.24, 2.45) is 0 Å². The maximum atomic E-state index is 14.6.